The summed E-state index contributed by atoms with van der Waals surface area (Å²) in [5, 5.41) is 3.81. The molecule has 306 valence electrons. The molecule has 58 heavy (non-hydrogen) atoms. The number of hydrogen-bond donors (Lipinski definition) is 2. The number of aryl methyl sites for hydroxylation is 1. The fourth-order valence-corrected chi connectivity index (χ4v) is 8.09. The Bertz CT molecular complexity index is 2430. The SMILES string of the molecule is COc1cc(Cc2ncc3cc(-c4cc(C(=O)Nc5cc(C(C)(C)C)cc(NS(C)(=O)=O)c5OC)ccc4C)ccc3n2)ccc1C(=O)CCCC1CCN(C)CC1. The van der Waals surface area contributed by atoms with Gasteiger partial charge < -0.3 is 19.7 Å². The van der Waals surface area contributed by atoms with Gasteiger partial charge in [-0.1, -0.05) is 39.0 Å². The molecular weight excluding hydrogens is 751 g/mol. The Morgan fingerprint density at radius 2 is 1.67 bits per heavy atom. The largest absolute Gasteiger partial charge is 0.496 e. The highest BCUT2D eigenvalue weighted by atomic mass is 32.2. The number of fused-ring (bicyclic) bond motifs is 1. The van der Waals surface area contributed by atoms with E-state index >= 15 is 0 Å². The molecule has 1 aliphatic rings. The first-order valence-electron chi connectivity index (χ1n) is 19.8. The summed E-state index contributed by atoms with van der Waals surface area (Å²) in [5.74, 6) is 1.87. The van der Waals surface area contributed by atoms with Crippen molar-refractivity contribution in [2.24, 2.45) is 5.92 Å². The average Bonchev–Trinajstić information content (AvgIpc) is 3.17. The van der Waals surface area contributed by atoms with E-state index in [1.807, 2.05) is 88.5 Å². The normalized spacial score (nSPS) is 14.0. The van der Waals surface area contributed by atoms with Gasteiger partial charge >= 0.3 is 0 Å². The average molecular weight is 806 g/mol. The second-order valence-corrected chi connectivity index (χ2v) is 18.3. The molecule has 2 heterocycles. The van der Waals surface area contributed by atoms with Crippen molar-refractivity contribution >= 4 is 44.0 Å². The fourth-order valence-electron chi connectivity index (χ4n) is 7.54. The highest BCUT2D eigenvalue weighted by molar-refractivity contribution is 7.92. The third kappa shape index (κ3) is 10.4. The first kappa shape index (κ1) is 42.3. The minimum absolute atomic E-state index is 0.111. The lowest BCUT2D eigenvalue weighted by Gasteiger charge is -2.28. The number of likely N-dealkylation sites (tertiary alicyclic amines) is 1. The summed E-state index contributed by atoms with van der Waals surface area (Å²) in [6, 6.07) is 20.7. The number of aromatic nitrogens is 2. The van der Waals surface area contributed by atoms with Gasteiger partial charge in [-0.3, -0.25) is 14.3 Å². The van der Waals surface area contributed by atoms with Crippen LogP contribution < -0.4 is 19.5 Å². The molecule has 0 spiro atoms. The van der Waals surface area contributed by atoms with E-state index in [0.717, 1.165) is 70.9 Å². The predicted octanol–water partition coefficient (Wildman–Crippen LogP) is 8.83. The first-order valence-corrected chi connectivity index (χ1v) is 21.7. The molecule has 12 heteroatoms. The zero-order valence-electron chi connectivity index (χ0n) is 34.9. The monoisotopic (exact) mass is 805 g/mol. The number of methoxy groups -OCH3 is 2. The van der Waals surface area contributed by atoms with Crippen molar-refractivity contribution in [1.29, 1.82) is 0 Å². The Morgan fingerprint density at radius 1 is 0.931 bits per heavy atom. The number of ketones is 1. The molecule has 11 nitrogen and oxygen atoms in total. The van der Waals surface area contributed by atoms with Crippen LogP contribution in [0.4, 0.5) is 11.4 Å². The zero-order chi connectivity index (χ0) is 41.8. The Morgan fingerprint density at radius 3 is 2.36 bits per heavy atom. The van der Waals surface area contributed by atoms with Gasteiger partial charge in [0.05, 0.1) is 42.9 Å². The van der Waals surface area contributed by atoms with Crippen molar-refractivity contribution in [3.8, 4) is 22.6 Å². The molecule has 0 atom stereocenters. The molecule has 0 radical (unpaired) electrons. The smallest absolute Gasteiger partial charge is 0.255 e. The van der Waals surface area contributed by atoms with E-state index < -0.39 is 10.0 Å². The Kier molecular flexibility index (Phi) is 12.9. The van der Waals surface area contributed by atoms with E-state index in [0.29, 0.717) is 47.1 Å². The number of carbonyl (C=O) groups excluding carboxylic acids is 2. The molecule has 2 N–H and O–H groups in total. The number of piperidine rings is 1. The van der Waals surface area contributed by atoms with Gasteiger partial charge in [-0.25, -0.2) is 18.4 Å². The first-order chi connectivity index (χ1) is 27.5. The predicted molar refractivity (Wildman–Crippen MR) is 232 cm³/mol. The molecular formula is C46H55N5O6S. The number of anilines is 2. The van der Waals surface area contributed by atoms with E-state index in [9.17, 15) is 18.0 Å². The van der Waals surface area contributed by atoms with E-state index in [-0.39, 0.29) is 28.5 Å². The van der Waals surface area contributed by atoms with Crippen LogP contribution in [-0.2, 0) is 21.9 Å². The number of hydrogen-bond acceptors (Lipinski definition) is 9. The van der Waals surface area contributed by atoms with Crippen molar-refractivity contribution in [3.63, 3.8) is 0 Å². The Hall–Kier alpha value is -5.33. The zero-order valence-corrected chi connectivity index (χ0v) is 35.7. The summed E-state index contributed by atoms with van der Waals surface area (Å²) in [6.07, 6.45) is 8.27. The molecule has 0 bridgehead atoms. The lowest BCUT2D eigenvalue weighted by Crippen LogP contribution is -2.30. The van der Waals surface area contributed by atoms with Gasteiger partial charge in [0.1, 0.15) is 11.6 Å². The topological polar surface area (TPSA) is 140 Å². The van der Waals surface area contributed by atoms with Crippen molar-refractivity contribution in [3.05, 3.63) is 107 Å². The Labute approximate surface area is 342 Å². The maximum atomic E-state index is 13.8. The van der Waals surface area contributed by atoms with E-state index in [1.54, 1.807) is 19.2 Å². The molecule has 1 amide bonds. The molecule has 1 aliphatic heterocycles. The second-order valence-electron chi connectivity index (χ2n) is 16.5. The van der Waals surface area contributed by atoms with Gasteiger partial charge in [0.25, 0.3) is 5.91 Å². The molecule has 0 saturated carbocycles. The highest BCUT2D eigenvalue weighted by Crippen LogP contribution is 2.39. The number of nitrogens with zero attached hydrogens (tertiary/aromatic N) is 3. The van der Waals surface area contributed by atoms with Crippen molar-refractivity contribution in [2.45, 2.75) is 71.6 Å². The van der Waals surface area contributed by atoms with Gasteiger partial charge in [0, 0.05) is 30.0 Å². The summed E-state index contributed by atoms with van der Waals surface area (Å²) >= 11 is 0. The second kappa shape index (κ2) is 17.7. The van der Waals surface area contributed by atoms with E-state index in [4.69, 9.17) is 14.5 Å². The van der Waals surface area contributed by atoms with Crippen LogP contribution in [0, 0.1) is 12.8 Å². The molecule has 0 unspecified atom stereocenters. The standard InChI is InChI=1S/C46H55N5O6S/c1-29-12-14-33(45(53)49-39-26-35(46(2,3)4)27-40(44(39)57-7)50-58(8,54)55)25-37(29)32-15-17-38-34(24-32)28-47-43(48-38)23-31-13-16-36(42(22-31)56-6)41(52)11-9-10-30-18-20-51(5)21-19-30/h12-17,22,24-28,30,50H,9-11,18-21,23H2,1-8H3,(H,49,53). The van der Waals surface area contributed by atoms with Crippen LogP contribution in [0.15, 0.2) is 72.9 Å². The van der Waals surface area contributed by atoms with Gasteiger partial charge in [0.2, 0.25) is 10.0 Å². The highest BCUT2D eigenvalue weighted by Gasteiger charge is 2.23. The molecule has 5 aromatic rings. The number of benzene rings is 4. The van der Waals surface area contributed by atoms with Crippen molar-refractivity contribution in [1.82, 2.24) is 14.9 Å². The fraction of sp³-hybridized carbons (Fsp3) is 0.391. The van der Waals surface area contributed by atoms with Crippen LogP contribution in [0.5, 0.6) is 11.5 Å². The van der Waals surface area contributed by atoms with Crippen LogP contribution in [0.25, 0.3) is 22.0 Å². The summed E-state index contributed by atoms with van der Waals surface area (Å²) < 4.78 is 38.2. The number of amides is 1. The van der Waals surface area contributed by atoms with Crippen LogP contribution in [0.2, 0.25) is 0 Å². The van der Waals surface area contributed by atoms with Gasteiger partial charge in [0.15, 0.2) is 11.5 Å². The van der Waals surface area contributed by atoms with Gasteiger partial charge in [-0.2, -0.15) is 0 Å². The molecule has 0 aliphatic carbocycles. The number of Topliss-reactive ketones (excluding diaryl/α,β-unsaturated/α-hetero) is 1. The van der Waals surface area contributed by atoms with Crippen LogP contribution in [-0.4, -0.2) is 75.6 Å². The lowest BCUT2D eigenvalue weighted by molar-refractivity contribution is 0.0971. The van der Waals surface area contributed by atoms with E-state index in [1.165, 1.54) is 20.0 Å². The van der Waals surface area contributed by atoms with E-state index in [2.05, 4.69) is 27.0 Å². The van der Waals surface area contributed by atoms with Crippen molar-refractivity contribution < 1.29 is 27.5 Å². The number of carbonyl (C=O) groups is 2. The minimum atomic E-state index is -3.62. The summed E-state index contributed by atoms with van der Waals surface area (Å²) in [6.45, 7) is 10.3. The number of sulfonamides is 1. The molecule has 1 saturated heterocycles. The lowest BCUT2D eigenvalue weighted by atomic mass is 9.86. The quantitative estimate of drug-likeness (QED) is 0.105. The number of nitrogens with one attached hydrogen (secondary N) is 2. The summed E-state index contributed by atoms with van der Waals surface area (Å²) in [5.41, 5.74) is 6.59. The third-order valence-corrected chi connectivity index (χ3v) is 11.5. The third-order valence-electron chi connectivity index (χ3n) is 10.9. The maximum absolute atomic E-state index is 13.8. The van der Waals surface area contributed by atoms with Crippen molar-refractivity contribution in [2.75, 3.05) is 50.7 Å². The van der Waals surface area contributed by atoms with Gasteiger partial charge in [-0.05, 0) is 140 Å². The molecule has 1 aromatic heterocycles. The minimum Gasteiger partial charge on any atom is -0.496 e. The van der Waals surface area contributed by atoms with Crippen LogP contribution in [0.3, 0.4) is 0 Å². The van der Waals surface area contributed by atoms with Gasteiger partial charge in [-0.15, -0.1) is 0 Å². The van der Waals surface area contributed by atoms with Crippen LogP contribution >= 0.6 is 0 Å². The maximum Gasteiger partial charge on any atom is 0.255 e. The summed E-state index contributed by atoms with van der Waals surface area (Å²) in [7, 11) is 1.58. The molecule has 1 fully saturated rings. The summed E-state index contributed by atoms with van der Waals surface area (Å²) in [4.78, 5) is 38.9. The molecule has 4 aromatic carbocycles. The Balaban J connectivity index is 1.17. The van der Waals surface area contributed by atoms with Crippen LogP contribution in [0.1, 0.15) is 96.1 Å². The number of rotatable bonds is 14. The molecule has 6 rings (SSSR count). The number of ether oxygens (including phenoxy) is 2.